The summed E-state index contributed by atoms with van der Waals surface area (Å²) < 4.78 is 8.81. The summed E-state index contributed by atoms with van der Waals surface area (Å²) >= 11 is 15.8. The number of fused-ring (bicyclic) bond motifs is 2. The van der Waals surface area contributed by atoms with Crippen molar-refractivity contribution >= 4 is 61.1 Å². The number of ether oxygens (including phenoxy) is 1. The van der Waals surface area contributed by atoms with E-state index in [1.807, 2.05) is 41.1 Å². The van der Waals surface area contributed by atoms with E-state index in [1.165, 1.54) is 6.33 Å². The number of halogens is 3. The molecule has 6 rings (SSSR count). The Kier molecular flexibility index (Phi) is 5.17. The van der Waals surface area contributed by atoms with E-state index in [9.17, 15) is 10.2 Å². The predicted octanol–water partition coefficient (Wildman–Crippen LogP) is 4.86. The number of nitrogens with zero attached hydrogens (tertiary/aromatic N) is 4. The Bertz CT molecular complexity index is 1400. The highest BCUT2D eigenvalue weighted by Crippen LogP contribution is 2.55. The van der Waals surface area contributed by atoms with E-state index in [2.05, 4.69) is 30.9 Å². The summed E-state index contributed by atoms with van der Waals surface area (Å²) in [7, 11) is 0. The lowest BCUT2D eigenvalue weighted by Gasteiger charge is -2.26. The molecular formula is C23H19BrCl2N4O3. The maximum absolute atomic E-state index is 11.1. The van der Waals surface area contributed by atoms with Crippen LogP contribution < -0.4 is 0 Å². The number of pyridine rings is 1. The van der Waals surface area contributed by atoms with Crippen molar-refractivity contribution in [2.24, 2.45) is 5.41 Å². The number of hydrogen-bond donors (Lipinski definition) is 2. The Morgan fingerprint density at radius 1 is 1.09 bits per heavy atom. The summed E-state index contributed by atoms with van der Waals surface area (Å²) in [6.45, 7) is 0.355. The average molecular weight is 550 g/mol. The topological polar surface area (TPSA) is 93.3 Å². The first-order valence-electron chi connectivity index (χ1n) is 10.6. The van der Waals surface area contributed by atoms with E-state index in [1.54, 1.807) is 0 Å². The van der Waals surface area contributed by atoms with Gasteiger partial charge in [0.1, 0.15) is 28.4 Å². The Morgan fingerprint density at radius 2 is 1.94 bits per heavy atom. The molecule has 0 radical (unpaired) electrons. The van der Waals surface area contributed by atoms with Crippen LogP contribution in [0, 0.1) is 5.41 Å². The number of hydrogen-bond acceptors (Lipinski definition) is 6. The number of aromatic nitrogens is 4. The van der Waals surface area contributed by atoms with Crippen LogP contribution in [0.4, 0.5) is 0 Å². The van der Waals surface area contributed by atoms with Crippen LogP contribution in [-0.4, -0.2) is 48.5 Å². The van der Waals surface area contributed by atoms with Gasteiger partial charge in [0.2, 0.25) is 0 Å². The summed E-state index contributed by atoms with van der Waals surface area (Å²) in [5.41, 5.74) is 1.83. The van der Waals surface area contributed by atoms with Crippen LogP contribution >= 0.6 is 39.1 Å². The van der Waals surface area contributed by atoms with Crippen LogP contribution in [0.25, 0.3) is 21.9 Å². The first-order chi connectivity index (χ1) is 15.9. The lowest BCUT2D eigenvalue weighted by Crippen LogP contribution is -2.37. The normalized spacial score (nSPS) is 29.6. The fraction of sp³-hybridized carbons (Fsp3) is 0.348. The van der Waals surface area contributed by atoms with Gasteiger partial charge in [-0.25, -0.2) is 15.0 Å². The van der Waals surface area contributed by atoms with Crippen molar-refractivity contribution in [3.05, 3.63) is 63.2 Å². The maximum Gasteiger partial charge on any atom is 0.145 e. The van der Waals surface area contributed by atoms with Gasteiger partial charge in [-0.15, -0.1) is 0 Å². The predicted molar refractivity (Wildman–Crippen MR) is 128 cm³/mol. The van der Waals surface area contributed by atoms with Gasteiger partial charge in [-0.3, -0.25) is 0 Å². The smallest absolute Gasteiger partial charge is 0.145 e. The van der Waals surface area contributed by atoms with E-state index in [0.717, 1.165) is 26.3 Å². The van der Waals surface area contributed by atoms with Crippen molar-refractivity contribution in [3.63, 3.8) is 0 Å². The minimum Gasteiger partial charge on any atom is -0.390 e. The highest BCUT2D eigenvalue weighted by atomic mass is 79.9. The van der Waals surface area contributed by atoms with Gasteiger partial charge >= 0.3 is 0 Å². The standard InChI is InChI=1S/C23H19BrCl2N4O3/c24-14-5-11-1-2-12(6-15(11)29-21(14)26)17-8-23(9-33-17)7-16(18(31)19(23)32)30-4-3-13-20(25)27-10-28-22(13)30/h1-6,10,16-19,31-32H,7-9H2/t16-,17?,18+,19+,23-/m1/s1. The third kappa shape index (κ3) is 3.38. The molecule has 10 heteroatoms. The highest BCUT2D eigenvalue weighted by Gasteiger charge is 2.57. The van der Waals surface area contributed by atoms with Crippen LogP contribution in [-0.2, 0) is 4.74 Å². The highest BCUT2D eigenvalue weighted by molar-refractivity contribution is 9.10. The quantitative estimate of drug-likeness (QED) is 0.274. The number of aliphatic hydroxyl groups excluding tert-OH is 2. The molecule has 7 nitrogen and oxygen atoms in total. The molecule has 1 spiro atoms. The SMILES string of the molecule is O[C@H]1[C@H](n2ccc3c(Cl)ncnc32)C[C@@]2(COC(c3ccc4cc(Br)c(Cl)nc4c3)C2)[C@H]1O. The zero-order chi connectivity index (χ0) is 22.9. The first-order valence-corrected chi connectivity index (χ1v) is 12.1. The van der Waals surface area contributed by atoms with E-state index < -0.39 is 17.6 Å². The molecule has 5 atom stereocenters. The average Bonchev–Trinajstić information content (AvgIpc) is 3.48. The molecular weight excluding hydrogens is 531 g/mol. The van der Waals surface area contributed by atoms with Gasteiger partial charge in [0.05, 0.1) is 40.2 Å². The zero-order valence-electron chi connectivity index (χ0n) is 17.2. The molecule has 1 unspecified atom stereocenters. The van der Waals surface area contributed by atoms with Gasteiger partial charge in [-0.2, -0.15) is 0 Å². The fourth-order valence-corrected chi connectivity index (χ4v) is 6.02. The van der Waals surface area contributed by atoms with Crippen LogP contribution in [0.3, 0.4) is 0 Å². The second-order valence-corrected chi connectivity index (χ2v) is 10.5. The molecule has 4 heterocycles. The van der Waals surface area contributed by atoms with Gasteiger partial charge in [0, 0.05) is 17.0 Å². The third-order valence-electron chi connectivity index (χ3n) is 7.07. The minimum atomic E-state index is -0.953. The van der Waals surface area contributed by atoms with Crippen LogP contribution in [0.1, 0.15) is 30.6 Å². The second-order valence-electron chi connectivity index (χ2n) is 8.91. The third-order valence-corrected chi connectivity index (χ3v) is 8.49. The second kappa shape index (κ2) is 7.86. The molecule has 1 saturated carbocycles. The molecule has 1 aliphatic heterocycles. The van der Waals surface area contributed by atoms with E-state index in [4.69, 9.17) is 27.9 Å². The van der Waals surface area contributed by atoms with Crippen LogP contribution in [0.15, 0.2) is 47.3 Å². The summed E-state index contributed by atoms with van der Waals surface area (Å²) in [4.78, 5) is 12.8. The van der Waals surface area contributed by atoms with E-state index in [-0.39, 0.29) is 12.1 Å². The lowest BCUT2D eigenvalue weighted by atomic mass is 9.80. The van der Waals surface area contributed by atoms with Gasteiger partial charge in [-0.1, -0.05) is 35.3 Å². The van der Waals surface area contributed by atoms with Crippen LogP contribution in [0.2, 0.25) is 10.3 Å². The Hall–Kier alpha value is -1.81. The molecule has 4 aromatic rings. The molecule has 2 aliphatic rings. The summed E-state index contributed by atoms with van der Waals surface area (Å²) in [5, 5.41) is 24.6. The number of aliphatic hydroxyl groups is 2. The molecule has 2 N–H and O–H groups in total. The molecule has 33 heavy (non-hydrogen) atoms. The van der Waals surface area contributed by atoms with Crippen molar-refractivity contribution in [1.29, 1.82) is 0 Å². The van der Waals surface area contributed by atoms with Gasteiger partial charge < -0.3 is 19.5 Å². The first kappa shape index (κ1) is 21.7. The minimum absolute atomic E-state index is 0.211. The Balaban J connectivity index is 1.30. The Labute approximate surface area is 207 Å². The monoisotopic (exact) mass is 548 g/mol. The fourth-order valence-electron chi connectivity index (χ4n) is 5.35. The van der Waals surface area contributed by atoms with Crippen molar-refractivity contribution in [1.82, 2.24) is 19.5 Å². The molecule has 170 valence electrons. The lowest BCUT2D eigenvalue weighted by molar-refractivity contribution is -0.0309. The summed E-state index contributed by atoms with van der Waals surface area (Å²) in [5.74, 6) is 0. The van der Waals surface area contributed by atoms with Crippen molar-refractivity contribution < 1.29 is 14.9 Å². The molecule has 1 aliphatic carbocycles. The van der Waals surface area contributed by atoms with Crippen LogP contribution in [0.5, 0.6) is 0 Å². The molecule has 0 bridgehead atoms. The van der Waals surface area contributed by atoms with Crippen molar-refractivity contribution in [2.45, 2.75) is 37.2 Å². The van der Waals surface area contributed by atoms with Crippen molar-refractivity contribution in [2.75, 3.05) is 6.61 Å². The maximum atomic E-state index is 11.1. The number of benzene rings is 1. The van der Waals surface area contributed by atoms with Gasteiger partial charge in [0.25, 0.3) is 0 Å². The van der Waals surface area contributed by atoms with Crippen molar-refractivity contribution in [3.8, 4) is 0 Å². The summed E-state index contributed by atoms with van der Waals surface area (Å²) in [6.07, 6.45) is 2.31. The van der Waals surface area contributed by atoms with Gasteiger partial charge in [-0.05, 0) is 52.5 Å². The Morgan fingerprint density at radius 3 is 2.79 bits per heavy atom. The molecule has 1 aromatic carbocycles. The zero-order valence-corrected chi connectivity index (χ0v) is 20.3. The molecule has 2 fully saturated rings. The van der Waals surface area contributed by atoms with Gasteiger partial charge in [0.15, 0.2) is 0 Å². The molecule has 3 aromatic heterocycles. The summed E-state index contributed by atoms with van der Waals surface area (Å²) in [6, 6.07) is 9.41. The molecule has 0 amide bonds. The largest absolute Gasteiger partial charge is 0.390 e. The van der Waals surface area contributed by atoms with E-state index >= 15 is 0 Å². The molecule has 1 saturated heterocycles. The number of rotatable bonds is 2. The van der Waals surface area contributed by atoms with E-state index in [0.29, 0.717) is 35.4 Å².